The maximum absolute atomic E-state index is 11.5. The zero-order valence-corrected chi connectivity index (χ0v) is 7.63. The second kappa shape index (κ2) is 2.58. The van der Waals surface area contributed by atoms with Crippen molar-refractivity contribution >= 4 is 5.78 Å². The first-order chi connectivity index (χ1) is 5.68. The van der Waals surface area contributed by atoms with E-state index in [1.54, 1.807) is 0 Å². The Morgan fingerprint density at radius 2 is 2.08 bits per heavy atom. The summed E-state index contributed by atoms with van der Waals surface area (Å²) in [6, 6.07) is 0. The van der Waals surface area contributed by atoms with Crippen LogP contribution < -0.4 is 0 Å². The van der Waals surface area contributed by atoms with Crippen molar-refractivity contribution in [2.45, 2.75) is 26.7 Å². The zero-order chi connectivity index (χ0) is 8.72. The Hall–Kier alpha value is -0.850. The standard InChI is InChI=1S/C11H14O/c1-7-3-4-9-6-10(7)11(12)5-8(9)2/h3,5,9-10H,4,6H2,1-2H3. The van der Waals surface area contributed by atoms with Crippen LogP contribution in [0.1, 0.15) is 26.7 Å². The molecule has 0 amide bonds. The SMILES string of the molecule is CC1=CC(=O)C2CC1CC=C2C. The third-order valence-electron chi connectivity index (χ3n) is 3.15. The molecule has 2 rings (SSSR count). The molecule has 0 aromatic heterocycles. The number of ketones is 1. The van der Waals surface area contributed by atoms with Crippen LogP contribution in [0.3, 0.4) is 0 Å². The lowest BCUT2D eigenvalue weighted by Gasteiger charge is -2.31. The quantitative estimate of drug-likeness (QED) is 0.500. The van der Waals surface area contributed by atoms with Crippen LogP contribution in [0.5, 0.6) is 0 Å². The monoisotopic (exact) mass is 162 g/mol. The van der Waals surface area contributed by atoms with E-state index in [2.05, 4.69) is 19.9 Å². The van der Waals surface area contributed by atoms with Gasteiger partial charge in [0.15, 0.2) is 5.78 Å². The number of allylic oxidation sites excluding steroid dienone is 4. The van der Waals surface area contributed by atoms with Gasteiger partial charge in [-0.15, -0.1) is 0 Å². The molecule has 1 nitrogen and oxygen atoms in total. The molecule has 2 aliphatic carbocycles. The van der Waals surface area contributed by atoms with Crippen molar-refractivity contribution < 1.29 is 4.79 Å². The van der Waals surface area contributed by atoms with Crippen molar-refractivity contribution in [2.24, 2.45) is 11.8 Å². The minimum atomic E-state index is 0.215. The molecule has 2 bridgehead atoms. The Labute approximate surface area is 73.2 Å². The normalized spacial score (nSPS) is 34.3. The number of rotatable bonds is 0. The number of hydrogen-bond donors (Lipinski definition) is 0. The van der Waals surface area contributed by atoms with Crippen molar-refractivity contribution in [1.82, 2.24) is 0 Å². The smallest absolute Gasteiger partial charge is 0.162 e. The molecule has 64 valence electrons. The summed E-state index contributed by atoms with van der Waals surface area (Å²) < 4.78 is 0. The summed E-state index contributed by atoms with van der Waals surface area (Å²) in [6.45, 7) is 4.15. The average Bonchev–Trinajstić information content (AvgIpc) is 2.03. The minimum Gasteiger partial charge on any atom is -0.294 e. The largest absolute Gasteiger partial charge is 0.294 e. The van der Waals surface area contributed by atoms with Crippen molar-refractivity contribution in [3.63, 3.8) is 0 Å². The van der Waals surface area contributed by atoms with E-state index in [9.17, 15) is 4.79 Å². The lowest BCUT2D eigenvalue weighted by Crippen LogP contribution is -2.27. The molecule has 2 unspecified atom stereocenters. The van der Waals surface area contributed by atoms with Gasteiger partial charge in [0, 0.05) is 5.92 Å². The van der Waals surface area contributed by atoms with Crippen molar-refractivity contribution in [1.29, 1.82) is 0 Å². The summed E-state index contributed by atoms with van der Waals surface area (Å²) in [5.41, 5.74) is 2.56. The van der Waals surface area contributed by atoms with E-state index in [-0.39, 0.29) is 5.92 Å². The zero-order valence-electron chi connectivity index (χ0n) is 7.63. The van der Waals surface area contributed by atoms with E-state index in [1.165, 1.54) is 11.1 Å². The maximum atomic E-state index is 11.5. The van der Waals surface area contributed by atoms with Crippen LogP contribution in [-0.4, -0.2) is 5.78 Å². The molecule has 0 saturated carbocycles. The van der Waals surface area contributed by atoms with Crippen LogP contribution in [0, 0.1) is 11.8 Å². The summed E-state index contributed by atoms with van der Waals surface area (Å²) >= 11 is 0. The highest BCUT2D eigenvalue weighted by Gasteiger charge is 2.31. The van der Waals surface area contributed by atoms with Crippen LogP contribution >= 0.6 is 0 Å². The van der Waals surface area contributed by atoms with Gasteiger partial charge in [-0.2, -0.15) is 0 Å². The number of carbonyl (C=O) groups is 1. The molecule has 2 aliphatic rings. The van der Waals surface area contributed by atoms with Gasteiger partial charge < -0.3 is 0 Å². The molecule has 0 aromatic rings. The molecule has 0 heterocycles. The second-order valence-corrected chi connectivity index (χ2v) is 3.96. The molecule has 0 saturated heterocycles. The van der Waals surface area contributed by atoms with E-state index in [4.69, 9.17) is 0 Å². The van der Waals surface area contributed by atoms with Crippen molar-refractivity contribution in [2.75, 3.05) is 0 Å². The van der Waals surface area contributed by atoms with Crippen LogP contribution in [0.25, 0.3) is 0 Å². The fourth-order valence-electron chi connectivity index (χ4n) is 2.19. The van der Waals surface area contributed by atoms with Gasteiger partial charge in [-0.3, -0.25) is 4.79 Å². The Kier molecular flexibility index (Phi) is 1.67. The third-order valence-corrected chi connectivity index (χ3v) is 3.15. The minimum absolute atomic E-state index is 0.215. The maximum Gasteiger partial charge on any atom is 0.162 e. The number of hydrogen-bond acceptors (Lipinski definition) is 1. The van der Waals surface area contributed by atoms with Crippen molar-refractivity contribution in [3.05, 3.63) is 23.3 Å². The highest BCUT2D eigenvalue weighted by Crippen LogP contribution is 2.37. The summed E-state index contributed by atoms with van der Waals surface area (Å²) in [5.74, 6) is 1.18. The van der Waals surface area contributed by atoms with Crippen LogP contribution in [0.4, 0.5) is 0 Å². The summed E-state index contributed by atoms with van der Waals surface area (Å²) in [7, 11) is 0. The van der Waals surface area contributed by atoms with Gasteiger partial charge in [-0.1, -0.05) is 17.2 Å². The summed E-state index contributed by atoms with van der Waals surface area (Å²) in [6.07, 6.45) is 6.27. The molecular weight excluding hydrogens is 148 g/mol. The fourth-order valence-corrected chi connectivity index (χ4v) is 2.19. The first kappa shape index (κ1) is 7.78. The van der Waals surface area contributed by atoms with Gasteiger partial charge in [0.2, 0.25) is 0 Å². The number of fused-ring (bicyclic) bond motifs is 2. The molecule has 0 aliphatic heterocycles. The highest BCUT2D eigenvalue weighted by atomic mass is 16.1. The summed E-state index contributed by atoms with van der Waals surface area (Å²) in [4.78, 5) is 11.5. The highest BCUT2D eigenvalue weighted by molar-refractivity contribution is 5.95. The van der Waals surface area contributed by atoms with Gasteiger partial charge >= 0.3 is 0 Å². The molecule has 0 spiro atoms. The molecule has 0 aromatic carbocycles. The molecule has 0 N–H and O–H groups in total. The first-order valence-electron chi connectivity index (χ1n) is 4.57. The average molecular weight is 162 g/mol. The van der Waals surface area contributed by atoms with E-state index in [0.29, 0.717) is 11.7 Å². The fraction of sp³-hybridized carbons (Fsp3) is 0.545. The predicted molar refractivity (Wildman–Crippen MR) is 48.7 cm³/mol. The van der Waals surface area contributed by atoms with Crippen LogP contribution in [0.2, 0.25) is 0 Å². The van der Waals surface area contributed by atoms with Gasteiger partial charge in [0.25, 0.3) is 0 Å². The first-order valence-corrected chi connectivity index (χ1v) is 4.57. The molecule has 0 radical (unpaired) electrons. The molecule has 2 atom stereocenters. The Morgan fingerprint density at radius 3 is 2.83 bits per heavy atom. The van der Waals surface area contributed by atoms with E-state index >= 15 is 0 Å². The van der Waals surface area contributed by atoms with Crippen molar-refractivity contribution in [3.8, 4) is 0 Å². The molecule has 1 heteroatoms. The van der Waals surface area contributed by atoms with Crippen LogP contribution in [-0.2, 0) is 4.79 Å². The van der Waals surface area contributed by atoms with Gasteiger partial charge in [-0.05, 0) is 38.7 Å². The lowest BCUT2D eigenvalue weighted by atomic mass is 9.72. The molecular formula is C11H14O. The van der Waals surface area contributed by atoms with Gasteiger partial charge in [0.1, 0.15) is 0 Å². The molecule has 0 fully saturated rings. The Morgan fingerprint density at radius 1 is 1.33 bits per heavy atom. The van der Waals surface area contributed by atoms with Crippen LogP contribution in [0.15, 0.2) is 23.3 Å². The van der Waals surface area contributed by atoms with Gasteiger partial charge in [0.05, 0.1) is 0 Å². The van der Waals surface area contributed by atoms with Gasteiger partial charge in [-0.25, -0.2) is 0 Å². The predicted octanol–water partition coefficient (Wildman–Crippen LogP) is 2.49. The Balaban J connectivity index is 2.37. The third kappa shape index (κ3) is 1.04. The topological polar surface area (TPSA) is 17.1 Å². The van der Waals surface area contributed by atoms with E-state index < -0.39 is 0 Å². The van der Waals surface area contributed by atoms with E-state index in [1.807, 2.05) is 6.08 Å². The second-order valence-electron chi connectivity index (χ2n) is 3.96. The summed E-state index contributed by atoms with van der Waals surface area (Å²) in [5, 5.41) is 0. The Bertz CT molecular complexity index is 283. The molecule has 12 heavy (non-hydrogen) atoms. The number of carbonyl (C=O) groups excluding carboxylic acids is 1. The van der Waals surface area contributed by atoms with E-state index in [0.717, 1.165) is 12.8 Å². The lowest BCUT2D eigenvalue weighted by molar-refractivity contribution is -0.118.